The minimum atomic E-state index is -0.250. The van der Waals surface area contributed by atoms with Gasteiger partial charge in [-0.05, 0) is 36.5 Å². The summed E-state index contributed by atoms with van der Waals surface area (Å²) in [5.74, 6) is 0. The minimum absolute atomic E-state index is 0.250. The van der Waals surface area contributed by atoms with Gasteiger partial charge >= 0.3 is 0 Å². The molecule has 0 spiro atoms. The van der Waals surface area contributed by atoms with Crippen LogP contribution in [0.25, 0.3) is 0 Å². The van der Waals surface area contributed by atoms with E-state index in [0.717, 1.165) is 0 Å². The van der Waals surface area contributed by atoms with Gasteiger partial charge in [-0.2, -0.15) is 0 Å². The zero-order valence-corrected chi connectivity index (χ0v) is 13.7. The Balaban J connectivity index is 2.31. The molecule has 106 valence electrons. The zero-order chi connectivity index (χ0) is 14.4. The maximum atomic E-state index is 2.41. The van der Waals surface area contributed by atoms with E-state index in [-0.39, 0.29) is 7.92 Å². The molecule has 0 heterocycles. The van der Waals surface area contributed by atoms with Crippen molar-refractivity contribution < 1.29 is 0 Å². The van der Waals surface area contributed by atoms with Crippen LogP contribution in [-0.2, 0) is 0 Å². The van der Waals surface area contributed by atoms with Crippen molar-refractivity contribution in [3.63, 3.8) is 0 Å². The van der Waals surface area contributed by atoms with Gasteiger partial charge in [-0.1, -0.05) is 87.9 Å². The lowest BCUT2D eigenvalue weighted by molar-refractivity contribution is 0.381. The zero-order valence-electron chi connectivity index (χ0n) is 12.8. The predicted molar refractivity (Wildman–Crippen MR) is 92.6 cm³/mol. The van der Waals surface area contributed by atoms with E-state index in [2.05, 4.69) is 81.4 Å². The number of benzene rings is 2. The molecule has 0 unspecified atom stereocenters. The summed E-state index contributed by atoms with van der Waals surface area (Å²) in [6.07, 6.45) is 3.83. The van der Waals surface area contributed by atoms with Gasteiger partial charge in [0.25, 0.3) is 0 Å². The van der Waals surface area contributed by atoms with Crippen LogP contribution in [-0.4, -0.2) is 6.16 Å². The van der Waals surface area contributed by atoms with Crippen molar-refractivity contribution in [1.82, 2.24) is 0 Å². The van der Waals surface area contributed by atoms with E-state index < -0.39 is 0 Å². The summed E-state index contributed by atoms with van der Waals surface area (Å²) in [7, 11) is -0.250. The van der Waals surface area contributed by atoms with Gasteiger partial charge < -0.3 is 0 Å². The maximum absolute atomic E-state index is 2.41. The van der Waals surface area contributed by atoms with Crippen molar-refractivity contribution >= 4 is 18.5 Å². The highest BCUT2D eigenvalue weighted by Crippen LogP contribution is 2.42. The van der Waals surface area contributed by atoms with Crippen LogP contribution < -0.4 is 10.6 Å². The first kappa shape index (κ1) is 15.3. The standard InChI is InChI=1S/C19H25P/c1-4-15-19(2,3)16-20(17-11-7-5-8-12-17)18-13-9-6-10-14-18/h5-14H,4,15-16H2,1-3H3. The van der Waals surface area contributed by atoms with E-state index in [4.69, 9.17) is 0 Å². The second-order valence-corrected chi connectivity index (χ2v) is 8.38. The fourth-order valence-electron chi connectivity index (χ4n) is 2.73. The average molecular weight is 284 g/mol. The third-order valence-electron chi connectivity index (χ3n) is 3.65. The molecule has 0 atom stereocenters. The molecule has 0 N–H and O–H groups in total. The van der Waals surface area contributed by atoms with E-state index in [1.807, 2.05) is 0 Å². The third-order valence-corrected chi connectivity index (χ3v) is 6.66. The highest BCUT2D eigenvalue weighted by molar-refractivity contribution is 7.73. The lowest BCUT2D eigenvalue weighted by atomic mass is 9.91. The Morgan fingerprint density at radius 3 is 1.65 bits per heavy atom. The Labute approximate surface area is 125 Å². The molecule has 2 aromatic rings. The Morgan fingerprint density at radius 2 is 1.25 bits per heavy atom. The number of hydrogen-bond acceptors (Lipinski definition) is 0. The lowest BCUT2D eigenvalue weighted by Crippen LogP contribution is -2.23. The van der Waals surface area contributed by atoms with Gasteiger partial charge in [0, 0.05) is 0 Å². The molecule has 0 radical (unpaired) electrons. The normalized spacial score (nSPS) is 11.8. The lowest BCUT2D eigenvalue weighted by Gasteiger charge is -2.30. The van der Waals surface area contributed by atoms with Gasteiger partial charge in [0.05, 0.1) is 0 Å². The molecule has 0 aromatic heterocycles. The van der Waals surface area contributed by atoms with E-state index in [9.17, 15) is 0 Å². The summed E-state index contributed by atoms with van der Waals surface area (Å²) >= 11 is 0. The first-order valence-corrected chi connectivity index (χ1v) is 9.03. The second kappa shape index (κ2) is 7.04. The second-order valence-electron chi connectivity index (χ2n) is 6.17. The van der Waals surface area contributed by atoms with Gasteiger partial charge in [0.1, 0.15) is 0 Å². The Hall–Kier alpha value is -1.13. The monoisotopic (exact) mass is 284 g/mol. The minimum Gasteiger partial charge on any atom is -0.0654 e. The quantitative estimate of drug-likeness (QED) is 0.659. The first-order chi connectivity index (χ1) is 9.62. The van der Waals surface area contributed by atoms with Crippen LogP contribution in [0, 0.1) is 5.41 Å². The molecular formula is C19H25P. The molecule has 2 rings (SSSR count). The number of hydrogen-bond donors (Lipinski definition) is 0. The largest absolute Gasteiger partial charge is 0.0654 e. The Morgan fingerprint density at radius 1 is 0.800 bits per heavy atom. The molecule has 0 saturated heterocycles. The van der Waals surface area contributed by atoms with E-state index >= 15 is 0 Å². The molecule has 0 aliphatic heterocycles. The molecule has 2 aromatic carbocycles. The number of rotatable bonds is 6. The maximum Gasteiger partial charge on any atom is -0.0194 e. The van der Waals surface area contributed by atoms with Crippen LogP contribution in [0.4, 0.5) is 0 Å². The summed E-state index contributed by atoms with van der Waals surface area (Å²) in [4.78, 5) is 0. The molecule has 1 heteroatoms. The molecule has 0 nitrogen and oxygen atoms in total. The van der Waals surface area contributed by atoms with Gasteiger partial charge in [-0.3, -0.25) is 0 Å². The van der Waals surface area contributed by atoms with E-state index in [1.165, 1.54) is 29.6 Å². The van der Waals surface area contributed by atoms with Gasteiger partial charge in [-0.25, -0.2) is 0 Å². The average Bonchev–Trinajstić information content (AvgIpc) is 2.47. The topological polar surface area (TPSA) is 0 Å². The highest BCUT2D eigenvalue weighted by Gasteiger charge is 2.24. The summed E-state index contributed by atoms with van der Waals surface area (Å²) < 4.78 is 0. The van der Waals surface area contributed by atoms with Crippen molar-refractivity contribution in [2.24, 2.45) is 5.41 Å². The highest BCUT2D eigenvalue weighted by atomic mass is 31.1. The third kappa shape index (κ3) is 4.18. The molecular weight excluding hydrogens is 259 g/mol. The Kier molecular flexibility index (Phi) is 5.38. The smallest absolute Gasteiger partial charge is 0.0194 e. The van der Waals surface area contributed by atoms with Crippen molar-refractivity contribution in [1.29, 1.82) is 0 Å². The predicted octanol–water partition coefficient (Wildman–Crippen LogP) is 4.95. The molecule has 0 aliphatic carbocycles. The van der Waals surface area contributed by atoms with Gasteiger partial charge in [0.2, 0.25) is 0 Å². The molecule has 0 saturated carbocycles. The fourth-order valence-corrected chi connectivity index (χ4v) is 5.47. The van der Waals surface area contributed by atoms with Crippen LogP contribution >= 0.6 is 7.92 Å². The summed E-state index contributed by atoms with van der Waals surface area (Å²) in [6.45, 7) is 7.12. The van der Waals surface area contributed by atoms with Crippen molar-refractivity contribution in [2.75, 3.05) is 6.16 Å². The SMILES string of the molecule is CCCC(C)(C)CP(c1ccccc1)c1ccccc1. The van der Waals surface area contributed by atoms with Crippen molar-refractivity contribution in [3.8, 4) is 0 Å². The summed E-state index contributed by atoms with van der Waals surface area (Å²) in [5, 5.41) is 3.00. The first-order valence-electron chi connectivity index (χ1n) is 7.50. The van der Waals surface area contributed by atoms with Gasteiger partial charge in [0.15, 0.2) is 0 Å². The summed E-state index contributed by atoms with van der Waals surface area (Å²) in [6, 6.07) is 22.1. The van der Waals surface area contributed by atoms with Crippen molar-refractivity contribution in [3.05, 3.63) is 60.7 Å². The molecule has 0 fully saturated rings. The van der Waals surface area contributed by atoms with Crippen LogP contribution in [0.15, 0.2) is 60.7 Å². The Bertz CT molecular complexity index is 462. The van der Waals surface area contributed by atoms with Crippen LogP contribution in [0.3, 0.4) is 0 Å². The molecule has 0 bridgehead atoms. The summed E-state index contributed by atoms with van der Waals surface area (Å²) in [5.41, 5.74) is 0.409. The van der Waals surface area contributed by atoms with Crippen molar-refractivity contribution in [2.45, 2.75) is 33.6 Å². The van der Waals surface area contributed by atoms with Gasteiger partial charge in [-0.15, -0.1) is 0 Å². The van der Waals surface area contributed by atoms with Crippen LogP contribution in [0.5, 0.6) is 0 Å². The molecule has 0 amide bonds. The molecule has 20 heavy (non-hydrogen) atoms. The van der Waals surface area contributed by atoms with Crippen LogP contribution in [0.2, 0.25) is 0 Å². The van der Waals surface area contributed by atoms with E-state index in [1.54, 1.807) is 0 Å². The fraction of sp³-hybridized carbons (Fsp3) is 0.368. The molecule has 0 aliphatic rings. The van der Waals surface area contributed by atoms with E-state index in [0.29, 0.717) is 5.41 Å². The van der Waals surface area contributed by atoms with Crippen LogP contribution in [0.1, 0.15) is 33.6 Å².